The molecule has 0 N–H and O–H groups in total. The number of carbonyl (C=O) groups is 1. The van der Waals surface area contributed by atoms with E-state index in [9.17, 15) is 15.3 Å². The van der Waals surface area contributed by atoms with Gasteiger partial charge in [-0.1, -0.05) is 58.4 Å². The molecule has 5 rings (SSSR count). The highest BCUT2D eigenvalue weighted by molar-refractivity contribution is 9.10. The average molecular weight is 510 g/mol. The molecule has 0 unspecified atom stereocenters. The summed E-state index contributed by atoms with van der Waals surface area (Å²) in [5, 5.41) is 20.9. The Hall–Kier alpha value is -3.87. The molecule has 166 valence electrons. The number of hydrogen-bond acceptors (Lipinski definition) is 5. The Morgan fingerprint density at radius 1 is 1.03 bits per heavy atom. The average Bonchev–Trinajstić information content (AvgIpc) is 3.19. The summed E-state index contributed by atoms with van der Waals surface area (Å²) in [7, 11) is 1.58. The van der Waals surface area contributed by atoms with Gasteiger partial charge in [0.25, 0.3) is 0 Å². The first kappa shape index (κ1) is 21.9. The van der Waals surface area contributed by atoms with Crippen LogP contribution >= 0.6 is 15.9 Å². The number of nitrogens with zero attached hydrogens (tertiary/aromatic N) is 3. The zero-order valence-electron chi connectivity index (χ0n) is 18.4. The highest BCUT2D eigenvalue weighted by Crippen LogP contribution is 2.55. The third kappa shape index (κ3) is 3.22. The van der Waals surface area contributed by atoms with Gasteiger partial charge in [0.05, 0.1) is 25.3 Å². The molecular weight excluding hydrogens is 490 g/mol. The van der Waals surface area contributed by atoms with Crippen LogP contribution in [0, 0.1) is 28.1 Å². The van der Waals surface area contributed by atoms with Crippen LogP contribution in [0.4, 0.5) is 5.69 Å². The summed E-state index contributed by atoms with van der Waals surface area (Å²) >= 11 is 3.52. The van der Waals surface area contributed by atoms with Crippen molar-refractivity contribution in [1.82, 2.24) is 0 Å². The van der Waals surface area contributed by atoms with Gasteiger partial charge in [-0.15, -0.1) is 0 Å². The molecule has 1 saturated heterocycles. The Balaban J connectivity index is 1.76. The van der Waals surface area contributed by atoms with E-state index in [2.05, 4.69) is 28.1 Å². The van der Waals surface area contributed by atoms with Crippen molar-refractivity contribution >= 4 is 33.5 Å². The first-order valence-corrected chi connectivity index (χ1v) is 11.6. The zero-order valence-corrected chi connectivity index (χ0v) is 19.9. The summed E-state index contributed by atoms with van der Waals surface area (Å²) in [6.07, 6.45) is 3.83. The Bertz CT molecular complexity index is 1370. The lowest BCUT2D eigenvalue weighted by Crippen LogP contribution is -2.44. The molecule has 3 aromatic rings. The number of fused-ring (bicyclic) bond motifs is 3. The van der Waals surface area contributed by atoms with Crippen LogP contribution in [0.3, 0.4) is 0 Å². The third-order valence-corrected chi connectivity index (χ3v) is 7.26. The van der Waals surface area contributed by atoms with Gasteiger partial charge in [0.15, 0.2) is 11.2 Å². The first-order valence-electron chi connectivity index (χ1n) is 10.9. The maximum absolute atomic E-state index is 14.2. The van der Waals surface area contributed by atoms with Crippen LogP contribution in [0.5, 0.6) is 5.75 Å². The van der Waals surface area contributed by atoms with Crippen molar-refractivity contribution in [2.75, 3.05) is 12.0 Å². The standard InChI is InChI=1S/C28H20BrN3O2/c1-34-22-12-9-19(10-13-22)27(33)26-25(20-6-4-7-21(29)15-20)28(16-30,17-31)24-14-11-18-5-2-3-8-23(18)32(24)26/h2-15,24-26H,1H3/t24-,25+,26-/m0/s1. The maximum Gasteiger partial charge on any atom is 0.185 e. The Morgan fingerprint density at radius 3 is 2.44 bits per heavy atom. The highest BCUT2D eigenvalue weighted by Gasteiger charge is 2.63. The van der Waals surface area contributed by atoms with Crippen molar-refractivity contribution in [3.8, 4) is 17.9 Å². The van der Waals surface area contributed by atoms with Crippen molar-refractivity contribution in [3.05, 3.63) is 100 Å². The van der Waals surface area contributed by atoms with Crippen molar-refractivity contribution in [2.24, 2.45) is 5.41 Å². The maximum atomic E-state index is 14.2. The fraction of sp³-hybridized carbons (Fsp3) is 0.179. The minimum atomic E-state index is -1.46. The molecule has 0 radical (unpaired) electrons. The van der Waals surface area contributed by atoms with E-state index in [-0.39, 0.29) is 5.78 Å². The zero-order chi connectivity index (χ0) is 23.9. The Labute approximate surface area is 206 Å². The summed E-state index contributed by atoms with van der Waals surface area (Å²) in [5.41, 5.74) is 1.60. The predicted molar refractivity (Wildman–Crippen MR) is 133 cm³/mol. The minimum absolute atomic E-state index is 0.143. The molecule has 0 aliphatic carbocycles. The number of benzene rings is 3. The quantitative estimate of drug-likeness (QED) is 0.419. The Kier molecular flexibility index (Phi) is 5.48. The van der Waals surface area contributed by atoms with E-state index in [1.807, 2.05) is 65.6 Å². The minimum Gasteiger partial charge on any atom is -0.497 e. The van der Waals surface area contributed by atoms with E-state index in [0.29, 0.717) is 11.3 Å². The molecule has 0 spiro atoms. The lowest BCUT2D eigenvalue weighted by atomic mass is 9.69. The number of methoxy groups -OCH3 is 1. The molecule has 2 aliphatic heterocycles. The van der Waals surface area contributed by atoms with E-state index >= 15 is 0 Å². The monoisotopic (exact) mass is 509 g/mol. The van der Waals surface area contributed by atoms with Crippen molar-refractivity contribution in [1.29, 1.82) is 10.5 Å². The van der Waals surface area contributed by atoms with Gasteiger partial charge in [-0.2, -0.15) is 10.5 Å². The number of anilines is 1. The number of hydrogen-bond donors (Lipinski definition) is 0. The second-order valence-corrected chi connectivity index (χ2v) is 9.35. The van der Waals surface area contributed by atoms with Gasteiger partial charge in [0.2, 0.25) is 0 Å². The number of nitriles is 2. The van der Waals surface area contributed by atoms with Crippen molar-refractivity contribution in [2.45, 2.75) is 18.0 Å². The van der Waals surface area contributed by atoms with Crippen LogP contribution in [0.25, 0.3) is 6.08 Å². The van der Waals surface area contributed by atoms with Crippen LogP contribution in [0.2, 0.25) is 0 Å². The van der Waals surface area contributed by atoms with Gasteiger partial charge in [-0.3, -0.25) is 4.79 Å². The number of ketones is 1. The van der Waals surface area contributed by atoms with Gasteiger partial charge >= 0.3 is 0 Å². The number of carbonyl (C=O) groups excluding carboxylic acids is 1. The molecule has 34 heavy (non-hydrogen) atoms. The largest absolute Gasteiger partial charge is 0.497 e. The molecule has 3 atom stereocenters. The van der Waals surface area contributed by atoms with E-state index in [4.69, 9.17) is 4.74 Å². The highest BCUT2D eigenvalue weighted by atomic mass is 79.9. The summed E-state index contributed by atoms with van der Waals surface area (Å²) in [5.74, 6) is -0.162. The van der Waals surface area contributed by atoms with Gasteiger partial charge in [-0.05, 0) is 53.6 Å². The van der Waals surface area contributed by atoms with Crippen LogP contribution in [-0.4, -0.2) is 25.0 Å². The molecule has 0 aromatic heterocycles. The first-order chi connectivity index (χ1) is 16.5. The number of halogens is 1. The van der Waals surface area contributed by atoms with Crippen molar-refractivity contribution in [3.63, 3.8) is 0 Å². The second-order valence-electron chi connectivity index (χ2n) is 8.43. The van der Waals surface area contributed by atoms with E-state index < -0.39 is 23.4 Å². The predicted octanol–water partition coefficient (Wildman–Crippen LogP) is 5.74. The lowest BCUT2D eigenvalue weighted by molar-refractivity contribution is 0.0951. The fourth-order valence-corrected chi connectivity index (χ4v) is 5.65. The summed E-state index contributed by atoms with van der Waals surface area (Å²) in [6, 6.07) is 25.6. The number of Topliss-reactive ketones (excluding diaryl/α,β-unsaturated/α-hetero) is 1. The molecule has 2 aliphatic rings. The van der Waals surface area contributed by atoms with Crippen LogP contribution in [-0.2, 0) is 0 Å². The van der Waals surface area contributed by atoms with Gasteiger partial charge in [0.1, 0.15) is 11.8 Å². The molecule has 3 aromatic carbocycles. The molecular formula is C28H20BrN3O2. The number of ether oxygens (including phenoxy) is 1. The smallest absolute Gasteiger partial charge is 0.185 e. The Morgan fingerprint density at radius 2 is 1.76 bits per heavy atom. The van der Waals surface area contributed by atoms with Crippen LogP contribution < -0.4 is 9.64 Å². The topological polar surface area (TPSA) is 77.1 Å². The molecule has 5 nitrogen and oxygen atoms in total. The number of para-hydroxylation sites is 1. The van der Waals surface area contributed by atoms with Gasteiger partial charge < -0.3 is 9.64 Å². The van der Waals surface area contributed by atoms with Crippen LogP contribution in [0.15, 0.2) is 83.3 Å². The lowest BCUT2D eigenvalue weighted by Gasteiger charge is -2.35. The molecule has 0 amide bonds. The SMILES string of the molecule is COc1ccc(C(=O)[C@@H]2[C@@H](c3cccc(Br)c3)C(C#N)(C#N)[C@@H]3C=Cc4ccccc4N23)cc1. The third-order valence-electron chi connectivity index (χ3n) is 6.77. The normalized spacial score (nSPS) is 21.6. The molecule has 0 bridgehead atoms. The molecule has 1 fully saturated rings. The fourth-order valence-electron chi connectivity index (χ4n) is 5.23. The summed E-state index contributed by atoms with van der Waals surface area (Å²) < 4.78 is 6.08. The molecule has 2 heterocycles. The summed E-state index contributed by atoms with van der Waals surface area (Å²) in [6.45, 7) is 0. The molecule has 0 saturated carbocycles. The molecule has 6 heteroatoms. The number of rotatable bonds is 4. The van der Waals surface area contributed by atoms with Crippen LogP contribution in [0.1, 0.15) is 27.4 Å². The van der Waals surface area contributed by atoms with E-state index in [1.165, 1.54) is 0 Å². The van der Waals surface area contributed by atoms with Gasteiger partial charge in [0, 0.05) is 21.6 Å². The summed E-state index contributed by atoms with van der Waals surface area (Å²) in [4.78, 5) is 16.1. The van der Waals surface area contributed by atoms with E-state index in [1.54, 1.807) is 31.4 Å². The van der Waals surface area contributed by atoms with Crippen molar-refractivity contribution < 1.29 is 9.53 Å². The van der Waals surface area contributed by atoms with Gasteiger partial charge in [-0.25, -0.2) is 0 Å². The van der Waals surface area contributed by atoms with E-state index in [0.717, 1.165) is 21.3 Å². The second kappa shape index (κ2) is 8.48.